The lowest BCUT2D eigenvalue weighted by atomic mass is 9.93. The van der Waals surface area contributed by atoms with Crippen molar-refractivity contribution < 1.29 is 14.3 Å². The molecule has 0 saturated heterocycles. The summed E-state index contributed by atoms with van der Waals surface area (Å²) in [4.78, 5) is 25.4. The molecule has 2 N–H and O–H groups in total. The Kier molecular flexibility index (Phi) is 9.41. The Hall–Kier alpha value is -2.24. The van der Waals surface area contributed by atoms with Gasteiger partial charge in [0.05, 0.1) is 28.8 Å². The summed E-state index contributed by atoms with van der Waals surface area (Å²) in [5.41, 5.74) is 2.11. The highest BCUT2D eigenvalue weighted by atomic mass is 35.5. The third kappa shape index (κ3) is 8.03. The van der Waals surface area contributed by atoms with Gasteiger partial charge in [0, 0.05) is 5.69 Å². The first kappa shape index (κ1) is 26.0. The lowest BCUT2D eigenvalue weighted by Crippen LogP contribution is -2.46. The number of benzene rings is 2. The molecule has 0 aliphatic heterocycles. The summed E-state index contributed by atoms with van der Waals surface area (Å²) in [5, 5.41) is 7.01. The summed E-state index contributed by atoms with van der Waals surface area (Å²) in [6.45, 7) is 10.3. The Labute approximate surface area is 200 Å². The van der Waals surface area contributed by atoms with E-state index in [4.69, 9.17) is 27.9 Å². The van der Waals surface area contributed by atoms with Gasteiger partial charge in [-0.2, -0.15) is 0 Å². The molecular weight excluding hydrogens is 447 g/mol. The minimum atomic E-state index is -0.708. The number of amides is 1. The number of rotatable bonds is 9. The SMILES string of the molecule is CC(C)[C@H](NC(=O)Cc1ccccc1Nc1c(Cl)cccc1Cl)C(=O)OCCC(C)(C)C. The van der Waals surface area contributed by atoms with Gasteiger partial charge in [-0.1, -0.05) is 82.1 Å². The highest BCUT2D eigenvalue weighted by molar-refractivity contribution is 6.39. The molecule has 0 heterocycles. The molecule has 0 unspecified atom stereocenters. The maximum atomic E-state index is 12.8. The van der Waals surface area contributed by atoms with Gasteiger partial charge in [-0.05, 0) is 41.5 Å². The third-order valence-corrected chi connectivity index (χ3v) is 5.55. The van der Waals surface area contributed by atoms with Crippen molar-refractivity contribution in [2.75, 3.05) is 11.9 Å². The molecule has 0 saturated carbocycles. The lowest BCUT2D eigenvalue weighted by molar-refractivity contribution is -0.149. The number of anilines is 2. The molecule has 7 heteroatoms. The molecular formula is C25H32Cl2N2O3. The normalized spacial score (nSPS) is 12.4. The maximum Gasteiger partial charge on any atom is 0.328 e. The van der Waals surface area contributed by atoms with Crippen LogP contribution in [0.15, 0.2) is 42.5 Å². The molecule has 0 aromatic heterocycles. The van der Waals surface area contributed by atoms with Crippen LogP contribution in [0, 0.1) is 11.3 Å². The van der Waals surface area contributed by atoms with E-state index in [-0.39, 0.29) is 23.7 Å². The highest BCUT2D eigenvalue weighted by Gasteiger charge is 2.26. The molecule has 5 nitrogen and oxygen atoms in total. The largest absolute Gasteiger partial charge is 0.464 e. The number of ether oxygens (including phenoxy) is 1. The van der Waals surface area contributed by atoms with Crippen LogP contribution in [0.3, 0.4) is 0 Å². The molecule has 0 aliphatic rings. The van der Waals surface area contributed by atoms with E-state index in [0.717, 1.165) is 12.0 Å². The van der Waals surface area contributed by atoms with Crippen molar-refractivity contribution in [2.24, 2.45) is 11.3 Å². The standard InChI is InChI=1S/C25H32Cl2N2O3/c1-16(2)22(24(31)32-14-13-25(3,4)5)29-21(30)15-17-9-6-7-12-20(17)28-23-18(26)10-8-11-19(23)27/h6-12,16,22,28H,13-15H2,1-5H3,(H,29,30)/t22-/m0/s1. The number of hydrogen-bond acceptors (Lipinski definition) is 4. The Morgan fingerprint density at radius 3 is 2.22 bits per heavy atom. The predicted molar refractivity (Wildman–Crippen MR) is 132 cm³/mol. The van der Waals surface area contributed by atoms with Crippen LogP contribution >= 0.6 is 23.2 Å². The molecule has 0 spiro atoms. The number of carbonyl (C=O) groups excluding carboxylic acids is 2. The van der Waals surface area contributed by atoms with E-state index >= 15 is 0 Å². The summed E-state index contributed by atoms with van der Waals surface area (Å²) in [6.07, 6.45) is 0.838. The van der Waals surface area contributed by atoms with Gasteiger partial charge < -0.3 is 15.4 Å². The Morgan fingerprint density at radius 1 is 1.00 bits per heavy atom. The first-order valence-electron chi connectivity index (χ1n) is 10.7. The number of esters is 1. The minimum absolute atomic E-state index is 0.0676. The maximum absolute atomic E-state index is 12.8. The number of carbonyl (C=O) groups is 2. The molecule has 0 fully saturated rings. The van der Waals surface area contributed by atoms with Crippen LogP contribution in [0.5, 0.6) is 0 Å². The van der Waals surface area contributed by atoms with Gasteiger partial charge in [0.2, 0.25) is 5.91 Å². The summed E-state index contributed by atoms with van der Waals surface area (Å²) in [7, 11) is 0. The molecule has 0 aliphatic carbocycles. The zero-order valence-corrected chi connectivity index (χ0v) is 20.8. The van der Waals surface area contributed by atoms with E-state index < -0.39 is 12.0 Å². The second kappa shape index (κ2) is 11.6. The van der Waals surface area contributed by atoms with Crippen molar-refractivity contribution >= 4 is 46.5 Å². The average Bonchev–Trinajstić information content (AvgIpc) is 2.69. The van der Waals surface area contributed by atoms with Crippen molar-refractivity contribution in [3.05, 3.63) is 58.1 Å². The third-order valence-electron chi connectivity index (χ3n) is 4.92. The minimum Gasteiger partial charge on any atom is -0.464 e. The number of para-hydroxylation sites is 2. The molecule has 2 aromatic carbocycles. The van der Waals surface area contributed by atoms with Crippen molar-refractivity contribution in [3.63, 3.8) is 0 Å². The fourth-order valence-corrected chi connectivity index (χ4v) is 3.48. The van der Waals surface area contributed by atoms with Crippen molar-refractivity contribution in [3.8, 4) is 0 Å². The molecule has 2 rings (SSSR count). The number of halogens is 2. The smallest absolute Gasteiger partial charge is 0.328 e. The van der Waals surface area contributed by atoms with E-state index in [2.05, 4.69) is 31.4 Å². The van der Waals surface area contributed by atoms with Crippen molar-refractivity contribution in [1.82, 2.24) is 5.32 Å². The second-order valence-electron chi connectivity index (χ2n) is 9.32. The predicted octanol–water partition coefficient (Wildman–Crippen LogP) is 6.40. The van der Waals surface area contributed by atoms with Crippen LogP contribution in [0.4, 0.5) is 11.4 Å². The van der Waals surface area contributed by atoms with Gasteiger partial charge in [-0.25, -0.2) is 4.79 Å². The van der Waals surface area contributed by atoms with Gasteiger partial charge in [-0.3, -0.25) is 4.79 Å². The summed E-state index contributed by atoms with van der Waals surface area (Å²) in [5.74, 6) is -0.778. The molecule has 174 valence electrons. The van der Waals surface area contributed by atoms with Crippen molar-refractivity contribution in [2.45, 2.75) is 53.5 Å². The summed E-state index contributed by atoms with van der Waals surface area (Å²) in [6, 6.07) is 11.9. The topological polar surface area (TPSA) is 67.4 Å². The molecule has 0 bridgehead atoms. The van der Waals surface area contributed by atoms with Gasteiger partial charge in [0.15, 0.2) is 0 Å². The van der Waals surface area contributed by atoms with Gasteiger partial charge in [-0.15, -0.1) is 0 Å². The Bertz CT molecular complexity index is 919. The van der Waals surface area contributed by atoms with Crippen LogP contribution in [0.2, 0.25) is 10.0 Å². The average molecular weight is 479 g/mol. The van der Waals surface area contributed by atoms with Gasteiger partial charge in [0.25, 0.3) is 0 Å². The molecule has 0 radical (unpaired) electrons. The van der Waals surface area contributed by atoms with Gasteiger partial charge in [0.1, 0.15) is 6.04 Å². The summed E-state index contributed by atoms with van der Waals surface area (Å²) >= 11 is 12.5. The van der Waals surface area contributed by atoms with E-state index in [0.29, 0.717) is 28.0 Å². The van der Waals surface area contributed by atoms with E-state index in [1.54, 1.807) is 18.2 Å². The van der Waals surface area contributed by atoms with Crippen LogP contribution in [-0.4, -0.2) is 24.5 Å². The second-order valence-corrected chi connectivity index (χ2v) is 10.1. The van der Waals surface area contributed by atoms with E-state index in [1.807, 2.05) is 38.1 Å². The molecule has 1 atom stereocenters. The van der Waals surface area contributed by atoms with E-state index in [9.17, 15) is 9.59 Å². The number of nitrogens with one attached hydrogen (secondary N) is 2. The van der Waals surface area contributed by atoms with Crippen molar-refractivity contribution in [1.29, 1.82) is 0 Å². The first-order chi connectivity index (χ1) is 15.0. The van der Waals surface area contributed by atoms with Crippen LogP contribution < -0.4 is 10.6 Å². The Morgan fingerprint density at radius 2 is 1.62 bits per heavy atom. The molecule has 2 aromatic rings. The van der Waals surface area contributed by atoms with Crippen LogP contribution in [0.1, 0.15) is 46.6 Å². The van der Waals surface area contributed by atoms with E-state index in [1.165, 1.54) is 0 Å². The summed E-state index contributed by atoms with van der Waals surface area (Å²) < 4.78 is 5.43. The molecule has 32 heavy (non-hydrogen) atoms. The zero-order chi connectivity index (χ0) is 23.9. The first-order valence-corrected chi connectivity index (χ1v) is 11.5. The number of hydrogen-bond donors (Lipinski definition) is 2. The van der Waals surface area contributed by atoms with Crippen LogP contribution in [-0.2, 0) is 20.7 Å². The fraction of sp³-hybridized carbons (Fsp3) is 0.440. The quantitative estimate of drug-likeness (QED) is 0.409. The highest BCUT2D eigenvalue weighted by Crippen LogP contribution is 2.33. The zero-order valence-electron chi connectivity index (χ0n) is 19.3. The van der Waals surface area contributed by atoms with Gasteiger partial charge >= 0.3 is 5.97 Å². The molecule has 1 amide bonds. The van der Waals surface area contributed by atoms with Crippen LogP contribution in [0.25, 0.3) is 0 Å². The monoisotopic (exact) mass is 478 g/mol. The lowest BCUT2D eigenvalue weighted by Gasteiger charge is -2.23. The fourth-order valence-electron chi connectivity index (χ4n) is 2.99. The Balaban J connectivity index is 2.07.